The molecule has 0 aliphatic rings. The summed E-state index contributed by atoms with van der Waals surface area (Å²) in [6, 6.07) is 0. The quantitative estimate of drug-likeness (QED) is 0.488. The Hall–Kier alpha value is 1.10. The van der Waals surface area contributed by atoms with Gasteiger partial charge in [0, 0.05) is 37.7 Å². The topological polar surface area (TPSA) is 54.4 Å². The smallest absolute Gasteiger partial charge is 0.261 e. The molecule has 0 fully saturated rings. The van der Waals surface area contributed by atoms with Crippen LogP contribution in [0, 0.1) is 37.7 Å². The van der Waals surface area contributed by atoms with Gasteiger partial charge in [0.25, 0.3) is 10.1 Å². The van der Waals surface area contributed by atoms with E-state index in [2.05, 4.69) is 0 Å². The summed E-state index contributed by atoms with van der Waals surface area (Å²) in [5.41, 5.74) is 0. The van der Waals surface area contributed by atoms with E-state index in [1.807, 2.05) is 0 Å². The maximum Gasteiger partial charge on any atom is 0.261 e. The summed E-state index contributed by atoms with van der Waals surface area (Å²) in [6.45, 7) is 0. The maximum atomic E-state index is 9.19. The van der Waals surface area contributed by atoms with Crippen molar-refractivity contribution in [2.45, 2.75) is 0 Å². The minimum absolute atomic E-state index is 0. The van der Waals surface area contributed by atoms with Gasteiger partial charge in [0.1, 0.15) is 0 Å². The van der Waals surface area contributed by atoms with Crippen molar-refractivity contribution >= 4 is 10.1 Å². The first-order valence-electron chi connectivity index (χ1n) is 0.924. The van der Waals surface area contributed by atoms with Gasteiger partial charge < -0.3 is 0 Å². The van der Waals surface area contributed by atoms with Gasteiger partial charge in [-0.15, -0.1) is 0 Å². The average Bonchev–Trinajstić information content (AvgIpc) is 0.722. The Labute approximate surface area is 71.2 Å². The summed E-state index contributed by atoms with van der Waals surface area (Å²) in [5, 5.41) is 0. The largest absolute Gasteiger partial charge is 0.286 e. The minimum atomic E-state index is -3.67. The summed E-state index contributed by atoms with van der Waals surface area (Å²) in [4.78, 5) is 0. The van der Waals surface area contributed by atoms with Crippen LogP contribution in [-0.2, 0) is 10.1 Å². The fourth-order valence-corrected chi connectivity index (χ4v) is 0. The Bertz CT molecular complexity index is 98.1. The van der Waals surface area contributed by atoms with E-state index in [0.29, 0.717) is 6.26 Å². The van der Waals surface area contributed by atoms with E-state index < -0.39 is 10.1 Å². The fourth-order valence-electron chi connectivity index (χ4n) is 0. The van der Waals surface area contributed by atoms with Crippen LogP contribution in [0.5, 0.6) is 0 Å². The number of halogens is 1. The van der Waals surface area contributed by atoms with Crippen molar-refractivity contribution < 1.29 is 55.4 Å². The zero-order chi connectivity index (χ0) is 4.50. The first-order chi connectivity index (χ1) is 2.00. The zero-order valence-corrected chi connectivity index (χ0v) is 6.13. The molecule has 3 nitrogen and oxygen atoms in total. The predicted octanol–water partition coefficient (Wildman–Crippen LogP) is -0.343. The standard InChI is InChI=1S/CH4O3S.FH.Ho/c1-5(2,3)4;;/h1H3,(H,2,3,4);1H;. The van der Waals surface area contributed by atoms with Crippen molar-refractivity contribution in [2.75, 3.05) is 6.26 Å². The first-order valence-corrected chi connectivity index (χ1v) is 2.77. The van der Waals surface area contributed by atoms with Crippen molar-refractivity contribution in [1.29, 1.82) is 0 Å². The molecule has 0 saturated carbocycles. The first kappa shape index (κ1) is 15.7. The normalized spacial score (nSPS) is 8.29. The third kappa shape index (κ3) is 153. The number of hydrogen-bond acceptors (Lipinski definition) is 2. The van der Waals surface area contributed by atoms with Gasteiger partial charge >= 0.3 is 0 Å². The van der Waals surface area contributed by atoms with Gasteiger partial charge in [-0.05, 0) is 0 Å². The summed E-state index contributed by atoms with van der Waals surface area (Å²) in [6.07, 6.45) is 0.715. The van der Waals surface area contributed by atoms with E-state index in [-0.39, 0.29) is 42.4 Å². The molecule has 0 spiro atoms. The summed E-state index contributed by atoms with van der Waals surface area (Å²) < 4.78 is 25.9. The molecule has 0 aromatic heterocycles. The van der Waals surface area contributed by atoms with E-state index in [1.54, 1.807) is 0 Å². The van der Waals surface area contributed by atoms with Gasteiger partial charge in [-0.1, -0.05) is 0 Å². The molecule has 0 aliphatic heterocycles. The molecule has 0 aliphatic carbocycles. The van der Waals surface area contributed by atoms with Crippen LogP contribution < -0.4 is 0 Å². The maximum absolute atomic E-state index is 9.19. The Morgan fingerprint density at radius 2 is 1.43 bits per heavy atom. The van der Waals surface area contributed by atoms with Crippen molar-refractivity contribution in [2.24, 2.45) is 0 Å². The molecule has 1 N–H and O–H groups in total. The summed E-state index contributed by atoms with van der Waals surface area (Å²) in [7, 11) is -3.67. The van der Waals surface area contributed by atoms with Gasteiger partial charge in [-0.25, -0.2) is 0 Å². The zero-order valence-electron chi connectivity index (χ0n) is 3.38. The molecule has 0 unspecified atom stereocenters. The van der Waals surface area contributed by atoms with Crippen molar-refractivity contribution in [3.8, 4) is 0 Å². The predicted molar refractivity (Wildman–Crippen MR) is 20.0 cm³/mol. The van der Waals surface area contributed by atoms with Gasteiger partial charge in [0.15, 0.2) is 0 Å². The molecule has 0 bridgehead atoms. The minimum Gasteiger partial charge on any atom is -0.286 e. The van der Waals surface area contributed by atoms with Gasteiger partial charge in [-0.3, -0.25) is 9.26 Å². The SMILES string of the molecule is CS(=O)(=O)O.F.[Ho]. The third-order valence-electron chi connectivity index (χ3n) is 0. The fraction of sp³-hybridized carbons (Fsp3) is 1.00. The second kappa shape index (κ2) is 5.24. The summed E-state index contributed by atoms with van der Waals surface area (Å²) in [5.74, 6) is 0. The van der Waals surface area contributed by atoms with E-state index >= 15 is 0 Å². The van der Waals surface area contributed by atoms with Crippen LogP contribution in [0.1, 0.15) is 0 Å². The molecule has 0 saturated heterocycles. The number of rotatable bonds is 0. The van der Waals surface area contributed by atoms with Gasteiger partial charge in [0.05, 0.1) is 6.26 Å². The molecule has 0 aromatic carbocycles. The van der Waals surface area contributed by atoms with Crippen molar-refractivity contribution in [1.82, 2.24) is 0 Å². The van der Waals surface area contributed by atoms with Crippen molar-refractivity contribution in [3.63, 3.8) is 0 Å². The van der Waals surface area contributed by atoms with Crippen LogP contribution in [0.4, 0.5) is 4.70 Å². The molecule has 0 rings (SSSR count). The van der Waals surface area contributed by atoms with Crippen molar-refractivity contribution in [3.05, 3.63) is 0 Å². The Morgan fingerprint density at radius 1 is 1.43 bits per heavy atom. The van der Waals surface area contributed by atoms with E-state index in [1.165, 1.54) is 0 Å². The third-order valence-corrected chi connectivity index (χ3v) is 0. The monoisotopic (exact) mass is 281 g/mol. The second-order valence-corrected chi connectivity index (χ2v) is 2.20. The Kier molecular flexibility index (Phi) is 11.8. The molecule has 7 heavy (non-hydrogen) atoms. The van der Waals surface area contributed by atoms with E-state index in [4.69, 9.17) is 4.55 Å². The second-order valence-electron chi connectivity index (χ2n) is 0.733. The van der Waals surface area contributed by atoms with Crippen LogP contribution in [0.3, 0.4) is 0 Å². The van der Waals surface area contributed by atoms with Crippen LogP contribution in [0.2, 0.25) is 0 Å². The molecular formula is CH5FHoO3S. The molecular weight excluding hydrogens is 276 g/mol. The summed E-state index contributed by atoms with van der Waals surface area (Å²) >= 11 is 0. The molecule has 1 radical (unpaired) electrons. The Morgan fingerprint density at radius 3 is 1.43 bits per heavy atom. The molecule has 0 heterocycles. The molecule has 51 valence electrons. The van der Waals surface area contributed by atoms with Crippen LogP contribution >= 0.6 is 0 Å². The molecule has 0 aromatic rings. The van der Waals surface area contributed by atoms with Crippen LogP contribution in [-0.4, -0.2) is 19.2 Å². The Balaban J connectivity index is -0.0000000800. The van der Waals surface area contributed by atoms with Crippen LogP contribution in [0.15, 0.2) is 0 Å². The molecule has 0 atom stereocenters. The van der Waals surface area contributed by atoms with Crippen LogP contribution in [0.25, 0.3) is 0 Å². The molecule has 6 heteroatoms. The molecule has 0 amide bonds. The number of hydrogen-bond donors (Lipinski definition) is 1. The van der Waals surface area contributed by atoms with Gasteiger partial charge in [-0.2, -0.15) is 8.42 Å². The van der Waals surface area contributed by atoms with Gasteiger partial charge in [0.2, 0.25) is 0 Å². The average molecular weight is 281 g/mol. The van der Waals surface area contributed by atoms with E-state index in [9.17, 15) is 8.42 Å². The van der Waals surface area contributed by atoms with E-state index in [0.717, 1.165) is 0 Å².